The summed E-state index contributed by atoms with van der Waals surface area (Å²) >= 11 is 0. The number of para-hydroxylation sites is 2. The molecule has 0 saturated carbocycles. The first-order valence-corrected chi connectivity index (χ1v) is 21.8. The molecule has 1 aliphatic rings. The van der Waals surface area contributed by atoms with E-state index in [0.717, 1.165) is 19.3 Å². The normalized spacial score (nSPS) is 19.0. The number of rotatable bonds is 24. The number of hydrogen-bond donors (Lipinski definition) is 0. The molecule has 4 atom stereocenters. The number of carbonyl (C=O) groups is 1. The summed E-state index contributed by atoms with van der Waals surface area (Å²) in [5, 5.41) is 23.7. The maximum atomic E-state index is 14.8. The van der Waals surface area contributed by atoms with Gasteiger partial charge in [-0.25, -0.2) is 9.36 Å². The quantitative estimate of drug-likeness (QED) is 0.0325. The third kappa shape index (κ3) is 15.2. The fourth-order valence-corrected chi connectivity index (χ4v) is 8.43. The Morgan fingerprint density at radius 3 is 1.75 bits per heavy atom. The lowest BCUT2D eigenvalue weighted by Gasteiger charge is -2.35. The molecule has 0 aliphatic carbocycles. The average molecular weight is 818 g/mol. The third-order valence-corrected chi connectivity index (χ3v) is 11.3. The lowest BCUT2D eigenvalue weighted by molar-refractivity contribution is -0.386. The van der Waals surface area contributed by atoms with Crippen LogP contribution < -0.4 is 0 Å². The van der Waals surface area contributed by atoms with Crippen molar-refractivity contribution >= 4 is 25.3 Å². The molecule has 3 rings (SSSR count). The number of phosphoric ester groups is 1. The monoisotopic (exact) mass is 817 g/mol. The van der Waals surface area contributed by atoms with E-state index in [1.165, 1.54) is 113 Å². The smallest absolute Gasteiger partial charge is 0.444 e. The molecule has 318 valence electrons. The van der Waals surface area contributed by atoms with Gasteiger partial charge < -0.3 is 9.47 Å². The van der Waals surface area contributed by atoms with E-state index in [9.17, 15) is 29.6 Å². The average Bonchev–Trinajstić information content (AvgIpc) is 3.40. The van der Waals surface area contributed by atoms with Crippen LogP contribution in [-0.4, -0.2) is 50.9 Å². The molecule has 0 N–H and O–H groups in total. The van der Waals surface area contributed by atoms with Crippen molar-refractivity contribution in [2.24, 2.45) is 0 Å². The number of benzene rings is 2. The molecule has 15 heteroatoms. The van der Waals surface area contributed by atoms with Crippen molar-refractivity contribution in [2.45, 2.75) is 168 Å². The zero-order chi connectivity index (χ0) is 42.2. The summed E-state index contributed by atoms with van der Waals surface area (Å²) in [7, 11) is -4.74. The van der Waals surface area contributed by atoms with Crippen LogP contribution in [0.2, 0.25) is 0 Å². The Hall–Kier alpha value is -3.68. The number of nitrogens with zero attached hydrogens (tertiary/aromatic N) is 3. The van der Waals surface area contributed by atoms with Gasteiger partial charge in [0.1, 0.15) is 17.4 Å². The predicted molar refractivity (Wildman–Crippen MR) is 220 cm³/mol. The first-order chi connectivity index (χ1) is 26.9. The van der Waals surface area contributed by atoms with Gasteiger partial charge in [0.15, 0.2) is 0 Å². The Balaban J connectivity index is 1.85. The zero-order valence-corrected chi connectivity index (χ0v) is 35.9. The van der Waals surface area contributed by atoms with Crippen LogP contribution in [0.4, 0.5) is 16.2 Å². The van der Waals surface area contributed by atoms with Crippen LogP contribution in [0, 0.1) is 20.2 Å². The van der Waals surface area contributed by atoms with Gasteiger partial charge in [0.25, 0.3) is 11.4 Å². The van der Waals surface area contributed by atoms with Gasteiger partial charge in [-0.15, -0.1) is 0 Å². The number of nitro benzene ring substituents is 2. The van der Waals surface area contributed by atoms with Crippen LogP contribution in [0.1, 0.15) is 156 Å². The summed E-state index contributed by atoms with van der Waals surface area (Å²) < 4.78 is 44.9. The fraction of sp³-hybridized carbons (Fsp3) is 0.643. The third-order valence-electron chi connectivity index (χ3n) is 9.73. The molecular weight excluding hydrogens is 753 g/mol. The van der Waals surface area contributed by atoms with Crippen LogP contribution in [0.25, 0.3) is 0 Å². The number of unbranched alkanes of at least 4 members (excludes halogenated alkanes) is 11. The molecule has 57 heavy (non-hydrogen) atoms. The Kier molecular flexibility index (Phi) is 18.8. The molecule has 1 fully saturated rings. The van der Waals surface area contributed by atoms with Gasteiger partial charge >= 0.3 is 13.9 Å². The van der Waals surface area contributed by atoms with Crippen molar-refractivity contribution in [1.29, 1.82) is 0 Å². The summed E-state index contributed by atoms with van der Waals surface area (Å²) in [6.45, 7) is 13.4. The van der Waals surface area contributed by atoms with Crippen LogP contribution in [0.3, 0.4) is 0 Å². The van der Waals surface area contributed by atoms with Crippen molar-refractivity contribution in [2.75, 3.05) is 6.61 Å². The van der Waals surface area contributed by atoms with E-state index < -0.39 is 66.0 Å². The summed E-state index contributed by atoms with van der Waals surface area (Å²) in [6.07, 6.45) is 14.5. The van der Waals surface area contributed by atoms with Crippen molar-refractivity contribution in [3.63, 3.8) is 0 Å². The molecule has 0 radical (unpaired) electrons. The van der Waals surface area contributed by atoms with Crippen LogP contribution >= 0.6 is 7.82 Å². The molecule has 2 aromatic rings. The number of carbonyl (C=O) groups excluding carboxylic acids is 1. The first-order valence-electron chi connectivity index (χ1n) is 20.3. The number of amides is 1. The summed E-state index contributed by atoms with van der Waals surface area (Å²) in [5.41, 5.74) is -2.34. The standard InChI is InChI=1S/C42H64N3O11P/c1-9-10-11-12-13-14-15-16-17-18-19-20-21-30-39-38(43(42(7,8)53-39)40(46)54-41(4,5)6)31-52-57(51,55-32(2)34-26-22-24-28-36(34)44(47)48)56-33(3)35-27-23-25-29-37(35)45(49)50/h21-30,32-33,38-39H,9-20,31H2,1-8H3/b30-21+/t32?,33?,38-,39+,57?/m0/s1. The summed E-state index contributed by atoms with van der Waals surface area (Å²) in [5.74, 6) is 0. The van der Waals surface area contributed by atoms with Crippen molar-refractivity contribution in [3.8, 4) is 0 Å². The number of phosphoric acid groups is 1. The van der Waals surface area contributed by atoms with Gasteiger partial charge in [-0.05, 0) is 73.4 Å². The van der Waals surface area contributed by atoms with Gasteiger partial charge in [-0.3, -0.25) is 38.7 Å². The molecule has 1 aliphatic heterocycles. The summed E-state index contributed by atoms with van der Waals surface area (Å²) in [6, 6.07) is 10.8. The van der Waals surface area contributed by atoms with Gasteiger partial charge in [0, 0.05) is 12.1 Å². The van der Waals surface area contributed by atoms with E-state index in [-0.39, 0.29) is 22.5 Å². The topological polar surface area (TPSA) is 170 Å². The summed E-state index contributed by atoms with van der Waals surface area (Å²) in [4.78, 5) is 37.7. The minimum atomic E-state index is -4.74. The number of allylic oxidation sites excluding steroid dienone is 1. The van der Waals surface area contributed by atoms with Crippen molar-refractivity contribution < 1.29 is 42.3 Å². The Morgan fingerprint density at radius 1 is 0.842 bits per heavy atom. The molecule has 1 amide bonds. The van der Waals surface area contributed by atoms with E-state index >= 15 is 0 Å². The van der Waals surface area contributed by atoms with Gasteiger partial charge in [-0.2, -0.15) is 0 Å². The minimum Gasteiger partial charge on any atom is -0.444 e. The molecule has 0 aromatic heterocycles. The second-order valence-electron chi connectivity index (χ2n) is 16.1. The fourth-order valence-electron chi connectivity index (χ4n) is 6.92. The molecular formula is C42H64N3O11P. The van der Waals surface area contributed by atoms with Crippen LogP contribution in [-0.2, 0) is 27.6 Å². The van der Waals surface area contributed by atoms with E-state index in [1.807, 2.05) is 12.2 Å². The van der Waals surface area contributed by atoms with Gasteiger partial charge in [0.05, 0.1) is 45.8 Å². The Bertz CT molecular complexity index is 1610. The number of nitro groups is 2. The molecule has 14 nitrogen and oxygen atoms in total. The van der Waals surface area contributed by atoms with E-state index in [4.69, 9.17) is 23.0 Å². The minimum absolute atomic E-state index is 0.109. The van der Waals surface area contributed by atoms with E-state index in [2.05, 4.69) is 6.92 Å². The van der Waals surface area contributed by atoms with Gasteiger partial charge in [0.2, 0.25) is 0 Å². The maximum absolute atomic E-state index is 14.8. The van der Waals surface area contributed by atoms with Crippen molar-refractivity contribution in [1.82, 2.24) is 4.90 Å². The van der Waals surface area contributed by atoms with Crippen molar-refractivity contribution in [3.05, 3.63) is 92.0 Å². The first kappa shape index (κ1) is 47.7. The Labute approximate surface area is 338 Å². The molecule has 1 heterocycles. The van der Waals surface area contributed by atoms with E-state index in [1.54, 1.807) is 46.8 Å². The second kappa shape index (κ2) is 22.5. The van der Waals surface area contributed by atoms with Gasteiger partial charge in [-0.1, -0.05) is 108 Å². The second-order valence-corrected chi connectivity index (χ2v) is 17.6. The highest BCUT2D eigenvalue weighted by Crippen LogP contribution is 2.57. The lowest BCUT2D eigenvalue weighted by Crippen LogP contribution is -2.51. The molecule has 2 unspecified atom stereocenters. The van der Waals surface area contributed by atoms with Crippen LogP contribution in [0.15, 0.2) is 60.7 Å². The molecule has 1 saturated heterocycles. The maximum Gasteiger partial charge on any atom is 0.476 e. The predicted octanol–water partition coefficient (Wildman–Crippen LogP) is 12.5. The highest BCUT2D eigenvalue weighted by Gasteiger charge is 2.51. The van der Waals surface area contributed by atoms with E-state index in [0.29, 0.717) is 0 Å². The van der Waals surface area contributed by atoms with Crippen LogP contribution in [0.5, 0.6) is 0 Å². The highest BCUT2D eigenvalue weighted by molar-refractivity contribution is 7.48. The molecule has 2 aromatic carbocycles. The largest absolute Gasteiger partial charge is 0.476 e. The highest BCUT2D eigenvalue weighted by atomic mass is 31.2. The molecule has 0 bridgehead atoms. The SMILES string of the molecule is CCCCCCCCCCCCC/C=C/[C@H]1OC(C)(C)N(C(=O)OC(C)(C)C)[C@H]1COP(=O)(OC(C)c1ccccc1[N+](=O)[O-])OC(C)c1ccccc1[N+](=O)[O-]. The molecule has 0 spiro atoms. The number of hydrogen-bond acceptors (Lipinski definition) is 11. The lowest BCUT2D eigenvalue weighted by atomic mass is 10.0. The Morgan fingerprint density at radius 2 is 1.30 bits per heavy atom. The zero-order valence-electron chi connectivity index (χ0n) is 35.1. The number of ether oxygens (including phenoxy) is 2.